The maximum Gasteiger partial charge on any atom is 0.0459 e. The number of hydrogen-bond donors (Lipinski definition) is 1. The Morgan fingerprint density at radius 2 is 1.77 bits per heavy atom. The van der Waals surface area contributed by atoms with Gasteiger partial charge in [-0.3, -0.25) is 0 Å². The van der Waals surface area contributed by atoms with Gasteiger partial charge in [0.05, 0.1) is 0 Å². The van der Waals surface area contributed by atoms with Crippen LogP contribution in [0.15, 0.2) is 24.3 Å². The topological polar surface area (TPSA) is 12.0 Å². The van der Waals surface area contributed by atoms with Gasteiger partial charge in [0.25, 0.3) is 0 Å². The van der Waals surface area contributed by atoms with Gasteiger partial charge in [-0.2, -0.15) is 0 Å². The van der Waals surface area contributed by atoms with Gasteiger partial charge in [-0.25, -0.2) is 0 Å². The van der Waals surface area contributed by atoms with Crippen LogP contribution in [0.5, 0.6) is 0 Å². The van der Waals surface area contributed by atoms with E-state index in [2.05, 4.69) is 55.4 Å². The smallest absolute Gasteiger partial charge is 0.0459 e. The van der Waals surface area contributed by atoms with Crippen molar-refractivity contribution in [1.82, 2.24) is 0 Å². The molecule has 0 bridgehead atoms. The van der Waals surface area contributed by atoms with E-state index in [0.29, 0.717) is 5.92 Å². The summed E-state index contributed by atoms with van der Waals surface area (Å²) in [6.07, 6.45) is 0. The first-order valence-electron chi connectivity index (χ1n) is 4.51. The average molecular weight is 173 g/mol. The van der Waals surface area contributed by atoms with E-state index in [9.17, 15) is 0 Å². The first kappa shape index (κ1) is 9.67. The molecule has 1 aromatic rings. The normalized spacial score (nSPS) is 9.23. The van der Waals surface area contributed by atoms with Gasteiger partial charge in [-0.05, 0) is 30.5 Å². The maximum atomic E-state index is 3.00. The van der Waals surface area contributed by atoms with E-state index >= 15 is 0 Å². The Kier molecular flexibility index (Phi) is 3.40. The Bertz CT molecular complexity index is 311. The molecule has 0 unspecified atom stereocenters. The van der Waals surface area contributed by atoms with E-state index in [-0.39, 0.29) is 0 Å². The molecule has 0 radical (unpaired) electrons. The molecule has 1 heteroatoms. The van der Waals surface area contributed by atoms with E-state index in [1.165, 1.54) is 5.56 Å². The largest absolute Gasteiger partial charge is 0.315 e. The highest BCUT2D eigenvalue weighted by Crippen LogP contribution is 2.16. The lowest BCUT2D eigenvalue weighted by Crippen LogP contribution is -1.90. The summed E-state index contributed by atoms with van der Waals surface area (Å²) in [4.78, 5) is 0. The third-order valence-corrected chi connectivity index (χ3v) is 1.91. The van der Waals surface area contributed by atoms with Crippen LogP contribution in [0.3, 0.4) is 0 Å². The maximum absolute atomic E-state index is 3.00. The minimum Gasteiger partial charge on any atom is -0.315 e. The summed E-state index contributed by atoms with van der Waals surface area (Å²) in [6.45, 7) is 6.19. The summed E-state index contributed by atoms with van der Waals surface area (Å²) < 4.78 is 0. The lowest BCUT2D eigenvalue weighted by molar-refractivity contribution is 0.867. The summed E-state index contributed by atoms with van der Waals surface area (Å²) in [7, 11) is 0. The predicted octanol–water partition coefficient (Wildman–Crippen LogP) is 3.20. The van der Waals surface area contributed by atoms with E-state index in [4.69, 9.17) is 0 Å². The average Bonchev–Trinajstić information content (AvgIpc) is 2.15. The standard InChI is InChI=1S/C12H15N/c1-4-9-13-12-7-5-11(6-8-12)10(2)3/h5-8,10,13H,1-3H3. The highest BCUT2D eigenvalue weighted by atomic mass is 14.8. The first-order chi connectivity index (χ1) is 6.24. The van der Waals surface area contributed by atoms with Crippen molar-refractivity contribution >= 4 is 5.69 Å². The van der Waals surface area contributed by atoms with Crippen LogP contribution in [0.4, 0.5) is 5.69 Å². The first-order valence-corrected chi connectivity index (χ1v) is 4.51. The molecule has 0 heterocycles. The number of rotatable bonds is 2. The molecule has 1 nitrogen and oxygen atoms in total. The number of benzene rings is 1. The molecule has 13 heavy (non-hydrogen) atoms. The van der Waals surface area contributed by atoms with Crippen molar-refractivity contribution in [2.24, 2.45) is 0 Å². The van der Waals surface area contributed by atoms with Crippen LogP contribution in [0.1, 0.15) is 32.3 Å². The van der Waals surface area contributed by atoms with Crippen LogP contribution in [0.2, 0.25) is 0 Å². The third kappa shape index (κ3) is 2.83. The second-order valence-corrected chi connectivity index (χ2v) is 3.28. The van der Waals surface area contributed by atoms with Crippen molar-refractivity contribution in [3.63, 3.8) is 0 Å². The molecule has 1 rings (SSSR count). The zero-order valence-electron chi connectivity index (χ0n) is 8.39. The molecule has 0 aliphatic heterocycles. The van der Waals surface area contributed by atoms with Gasteiger partial charge in [0.1, 0.15) is 0 Å². The van der Waals surface area contributed by atoms with Crippen molar-refractivity contribution in [1.29, 1.82) is 0 Å². The zero-order chi connectivity index (χ0) is 9.68. The Morgan fingerprint density at radius 3 is 2.23 bits per heavy atom. The summed E-state index contributed by atoms with van der Waals surface area (Å²) >= 11 is 0. The predicted molar refractivity (Wildman–Crippen MR) is 57.6 cm³/mol. The Morgan fingerprint density at radius 1 is 1.15 bits per heavy atom. The van der Waals surface area contributed by atoms with Crippen LogP contribution >= 0.6 is 0 Å². The molecule has 1 N–H and O–H groups in total. The molecule has 0 spiro atoms. The van der Waals surface area contributed by atoms with E-state index in [0.717, 1.165) is 5.69 Å². The molecule has 0 aliphatic rings. The van der Waals surface area contributed by atoms with Gasteiger partial charge in [0, 0.05) is 11.7 Å². The Hall–Kier alpha value is -1.42. The molecule has 0 amide bonds. The van der Waals surface area contributed by atoms with Gasteiger partial charge >= 0.3 is 0 Å². The fourth-order valence-electron chi connectivity index (χ4n) is 1.09. The molecule has 0 aromatic heterocycles. The van der Waals surface area contributed by atoms with E-state index < -0.39 is 0 Å². The van der Waals surface area contributed by atoms with Crippen molar-refractivity contribution in [3.05, 3.63) is 29.8 Å². The summed E-state index contributed by atoms with van der Waals surface area (Å²) in [6, 6.07) is 11.2. The second kappa shape index (κ2) is 4.57. The minimum atomic E-state index is 0.589. The number of anilines is 1. The molecule has 0 aliphatic carbocycles. The quantitative estimate of drug-likeness (QED) is 0.535. The molecular formula is C12H15N. The van der Waals surface area contributed by atoms with Gasteiger partial charge in [-0.1, -0.05) is 31.9 Å². The lowest BCUT2D eigenvalue weighted by Gasteiger charge is -2.05. The van der Waals surface area contributed by atoms with Gasteiger partial charge < -0.3 is 5.32 Å². The summed E-state index contributed by atoms with van der Waals surface area (Å²) in [5.41, 5.74) is 2.41. The zero-order valence-corrected chi connectivity index (χ0v) is 8.39. The lowest BCUT2D eigenvalue weighted by atomic mass is 10.0. The monoisotopic (exact) mass is 173 g/mol. The van der Waals surface area contributed by atoms with Crippen LogP contribution in [0, 0.1) is 12.0 Å². The molecule has 0 saturated carbocycles. The van der Waals surface area contributed by atoms with E-state index in [1.54, 1.807) is 0 Å². The minimum absolute atomic E-state index is 0.589. The molecule has 1 aromatic carbocycles. The Labute approximate surface area is 80.2 Å². The molecule has 0 atom stereocenters. The van der Waals surface area contributed by atoms with Gasteiger partial charge in [0.2, 0.25) is 0 Å². The van der Waals surface area contributed by atoms with Gasteiger partial charge in [-0.15, -0.1) is 0 Å². The van der Waals surface area contributed by atoms with Crippen molar-refractivity contribution in [2.45, 2.75) is 26.7 Å². The molecule has 0 saturated heterocycles. The Balaban J connectivity index is 2.73. The van der Waals surface area contributed by atoms with Crippen LogP contribution in [-0.2, 0) is 0 Å². The fourth-order valence-corrected chi connectivity index (χ4v) is 1.09. The van der Waals surface area contributed by atoms with Crippen LogP contribution in [0.25, 0.3) is 0 Å². The summed E-state index contributed by atoms with van der Waals surface area (Å²) in [5.74, 6) is 3.38. The van der Waals surface area contributed by atoms with Gasteiger partial charge in [0.15, 0.2) is 0 Å². The SMILES string of the molecule is CC#CNc1ccc(C(C)C)cc1. The molecule has 0 fully saturated rings. The van der Waals surface area contributed by atoms with Crippen LogP contribution in [-0.4, -0.2) is 0 Å². The van der Waals surface area contributed by atoms with Crippen molar-refractivity contribution < 1.29 is 0 Å². The highest BCUT2D eigenvalue weighted by molar-refractivity contribution is 5.49. The van der Waals surface area contributed by atoms with Crippen LogP contribution < -0.4 is 5.32 Å². The molecule has 68 valence electrons. The van der Waals surface area contributed by atoms with E-state index in [1.807, 2.05) is 6.92 Å². The highest BCUT2D eigenvalue weighted by Gasteiger charge is 1.97. The molecular weight excluding hydrogens is 158 g/mol. The van der Waals surface area contributed by atoms with Crippen molar-refractivity contribution in [3.8, 4) is 12.0 Å². The summed E-state index contributed by atoms with van der Waals surface area (Å²) in [5, 5.41) is 3.00. The second-order valence-electron chi connectivity index (χ2n) is 3.28. The van der Waals surface area contributed by atoms with Crippen molar-refractivity contribution in [2.75, 3.05) is 5.32 Å². The number of hydrogen-bond acceptors (Lipinski definition) is 1. The third-order valence-electron chi connectivity index (χ3n) is 1.91. The number of nitrogens with one attached hydrogen (secondary N) is 1. The fraction of sp³-hybridized carbons (Fsp3) is 0.333.